The van der Waals surface area contributed by atoms with Crippen molar-refractivity contribution in [1.82, 2.24) is 5.32 Å². The Balaban J connectivity index is 2.24. The number of hydrogen-bond donors (Lipinski definition) is 1. The molecule has 0 spiro atoms. The van der Waals surface area contributed by atoms with Crippen molar-refractivity contribution in [1.29, 1.82) is 0 Å². The van der Waals surface area contributed by atoms with E-state index in [4.69, 9.17) is 4.74 Å². The number of para-hydroxylation sites is 1. The van der Waals surface area contributed by atoms with Crippen LogP contribution in [0.25, 0.3) is 0 Å². The minimum Gasteiger partial charge on any atom is -0.492 e. The molecule has 0 aliphatic rings. The minimum absolute atomic E-state index is 0.813. The van der Waals surface area contributed by atoms with E-state index in [9.17, 15) is 0 Å². The van der Waals surface area contributed by atoms with E-state index < -0.39 is 0 Å². The lowest BCUT2D eigenvalue weighted by atomic mass is 10.1. The molecule has 0 aliphatic carbocycles. The molecule has 0 aromatic heterocycles. The SMILES string of the molecule is CCCCCCCCCOc1c(Br)cccc1CNC. The summed E-state index contributed by atoms with van der Waals surface area (Å²) >= 11 is 3.58. The second kappa shape index (κ2) is 11.2. The highest BCUT2D eigenvalue weighted by Crippen LogP contribution is 2.29. The van der Waals surface area contributed by atoms with Crippen LogP contribution in [0.2, 0.25) is 0 Å². The number of unbranched alkanes of at least 4 members (excludes halogenated alkanes) is 6. The van der Waals surface area contributed by atoms with Gasteiger partial charge in [-0.3, -0.25) is 0 Å². The zero-order chi connectivity index (χ0) is 14.6. The summed E-state index contributed by atoms with van der Waals surface area (Å²) in [5.74, 6) is 0.993. The molecule has 0 bridgehead atoms. The molecule has 1 rings (SSSR count). The van der Waals surface area contributed by atoms with Crippen molar-refractivity contribution in [2.24, 2.45) is 0 Å². The van der Waals surface area contributed by atoms with Crippen LogP contribution in [-0.2, 0) is 6.54 Å². The molecule has 0 heterocycles. The average molecular weight is 342 g/mol. The van der Waals surface area contributed by atoms with Crippen LogP contribution in [-0.4, -0.2) is 13.7 Å². The van der Waals surface area contributed by atoms with E-state index in [-0.39, 0.29) is 0 Å². The highest BCUT2D eigenvalue weighted by atomic mass is 79.9. The zero-order valence-electron chi connectivity index (χ0n) is 12.9. The number of nitrogens with one attached hydrogen (secondary N) is 1. The minimum atomic E-state index is 0.813. The maximum Gasteiger partial charge on any atom is 0.137 e. The molecule has 3 heteroatoms. The molecule has 1 aromatic rings. The summed E-state index contributed by atoms with van der Waals surface area (Å²) in [5, 5.41) is 3.18. The van der Waals surface area contributed by atoms with E-state index in [1.807, 2.05) is 13.1 Å². The predicted molar refractivity (Wildman–Crippen MR) is 90.4 cm³/mol. The molecule has 0 aliphatic heterocycles. The number of rotatable bonds is 11. The topological polar surface area (TPSA) is 21.3 Å². The lowest BCUT2D eigenvalue weighted by molar-refractivity contribution is 0.299. The summed E-state index contributed by atoms with van der Waals surface area (Å²) in [6.07, 6.45) is 9.20. The van der Waals surface area contributed by atoms with Crippen molar-refractivity contribution in [3.8, 4) is 5.75 Å². The third kappa shape index (κ3) is 6.76. The summed E-state index contributed by atoms with van der Waals surface area (Å²) in [4.78, 5) is 0. The van der Waals surface area contributed by atoms with Crippen molar-refractivity contribution in [3.63, 3.8) is 0 Å². The molecule has 114 valence electrons. The summed E-state index contributed by atoms with van der Waals surface area (Å²) in [7, 11) is 1.96. The first-order chi connectivity index (χ1) is 9.79. The van der Waals surface area contributed by atoms with Crippen LogP contribution in [0.4, 0.5) is 0 Å². The molecule has 1 aromatic carbocycles. The van der Waals surface area contributed by atoms with Crippen LogP contribution in [0.3, 0.4) is 0 Å². The lowest BCUT2D eigenvalue weighted by Gasteiger charge is -2.13. The fourth-order valence-electron chi connectivity index (χ4n) is 2.28. The van der Waals surface area contributed by atoms with Crippen molar-refractivity contribution >= 4 is 15.9 Å². The Hall–Kier alpha value is -0.540. The van der Waals surface area contributed by atoms with E-state index in [1.165, 1.54) is 44.1 Å². The van der Waals surface area contributed by atoms with Gasteiger partial charge < -0.3 is 10.1 Å². The largest absolute Gasteiger partial charge is 0.492 e. The summed E-state index contributed by atoms with van der Waals surface area (Å²) < 4.78 is 7.01. The van der Waals surface area contributed by atoms with Gasteiger partial charge in [-0.2, -0.15) is 0 Å². The summed E-state index contributed by atoms with van der Waals surface area (Å²) in [6, 6.07) is 6.21. The molecule has 0 fully saturated rings. The summed E-state index contributed by atoms with van der Waals surface area (Å²) in [5.41, 5.74) is 1.21. The molecule has 2 nitrogen and oxygen atoms in total. The van der Waals surface area contributed by atoms with Crippen LogP contribution >= 0.6 is 15.9 Å². The van der Waals surface area contributed by atoms with E-state index >= 15 is 0 Å². The first-order valence-electron chi connectivity index (χ1n) is 7.84. The molecule has 20 heavy (non-hydrogen) atoms. The number of halogens is 1. The van der Waals surface area contributed by atoms with E-state index in [0.29, 0.717) is 0 Å². The van der Waals surface area contributed by atoms with E-state index in [1.54, 1.807) is 0 Å². The quantitative estimate of drug-likeness (QED) is 0.551. The van der Waals surface area contributed by atoms with Gasteiger partial charge in [0.05, 0.1) is 11.1 Å². The molecule has 0 atom stereocenters. The third-order valence-electron chi connectivity index (χ3n) is 3.41. The van der Waals surface area contributed by atoms with Gasteiger partial charge in [0.25, 0.3) is 0 Å². The monoisotopic (exact) mass is 341 g/mol. The smallest absolute Gasteiger partial charge is 0.137 e. The first-order valence-corrected chi connectivity index (χ1v) is 8.63. The normalized spacial score (nSPS) is 10.8. The van der Waals surface area contributed by atoms with Crippen LogP contribution in [0.5, 0.6) is 5.75 Å². The first kappa shape index (κ1) is 17.5. The lowest BCUT2D eigenvalue weighted by Crippen LogP contribution is -2.08. The molecule has 0 amide bonds. The van der Waals surface area contributed by atoms with Gasteiger partial charge in [-0.25, -0.2) is 0 Å². The van der Waals surface area contributed by atoms with Crippen molar-refractivity contribution < 1.29 is 4.74 Å². The molecule has 0 saturated carbocycles. The molecule has 0 unspecified atom stereocenters. The van der Waals surface area contributed by atoms with Crippen molar-refractivity contribution in [3.05, 3.63) is 28.2 Å². The molecular weight excluding hydrogens is 314 g/mol. The summed E-state index contributed by atoms with van der Waals surface area (Å²) in [6.45, 7) is 3.91. The number of benzene rings is 1. The highest BCUT2D eigenvalue weighted by Gasteiger charge is 2.07. The Kier molecular flexibility index (Phi) is 9.77. The number of ether oxygens (including phenoxy) is 1. The van der Waals surface area contributed by atoms with E-state index in [2.05, 4.69) is 40.3 Å². The van der Waals surface area contributed by atoms with Gasteiger partial charge in [-0.05, 0) is 35.5 Å². The molecule has 0 saturated heterocycles. The molecule has 0 radical (unpaired) electrons. The Morgan fingerprint density at radius 1 is 1.05 bits per heavy atom. The third-order valence-corrected chi connectivity index (χ3v) is 4.03. The van der Waals surface area contributed by atoms with Gasteiger partial charge in [0, 0.05) is 12.1 Å². The van der Waals surface area contributed by atoms with Crippen molar-refractivity contribution in [2.45, 2.75) is 58.4 Å². The fraction of sp³-hybridized carbons (Fsp3) is 0.647. The van der Waals surface area contributed by atoms with Gasteiger partial charge >= 0.3 is 0 Å². The molecular formula is C17H28BrNO. The Morgan fingerprint density at radius 2 is 1.75 bits per heavy atom. The van der Waals surface area contributed by atoms with Gasteiger partial charge in [-0.15, -0.1) is 0 Å². The standard InChI is InChI=1S/C17H28BrNO/c1-3-4-5-6-7-8-9-13-20-17-15(14-19-2)11-10-12-16(17)18/h10-12,19H,3-9,13-14H2,1-2H3. The van der Waals surface area contributed by atoms with Crippen LogP contribution < -0.4 is 10.1 Å². The second-order valence-corrected chi connectivity index (χ2v) is 6.08. The van der Waals surface area contributed by atoms with Gasteiger partial charge in [0.15, 0.2) is 0 Å². The van der Waals surface area contributed by atoms with Crippen LogP contribution in [0.1, 0.15) is 57.4 Å². The molecule has 1 N–H and O–H groups in total. The highest BCUT2D eigenvalue weighted by molar-refractivity contribution is 9.10. The van der Waals surface area contributed by atoms with Gasteiger partial charge in [0.1, 0.15) is 5.75 Å². The Morgan fingerprint density at radius 3 is 2.45 bits per heavy atom. The maximum absolute atomic E-state index is 5.96. The average Bonchev–Trinajstić information content (AvgIpc) is 2.44. The van der Waals surface area contributed by atoms with Gasteiger partial charge in [-0.1, -0.05) is 57.6 Å². The Bertz CT molecular complexity index is 368. The fourth-order valence-corrected chi connectivity index (χ4v) is 2.80. The number of hydrogen-bond acceptors (Lipinski definition) is 2. The van der Waals surface area contributed by atoms with Gasteiger partial charge in [0.2, 0.25) is 0 Å². The van der Waals surface area contributed by atoms with Crippen LogP contribution in [0, 0.1) is 0 Å². The second-order valence-electron chi connectivity index (χ2n) is 5.23. The Labute approximate surface area is 132 Å². The van der Waals surface area contributed by atoms with Crippen molar-refractivity contribution in [2.75, 3.05) is 13.7 Å². The maximum atomic E-state index is 5.96. The predicted octanol–water partition coefficient (Wildman–Crippen LogP) is 5.30. The van der Waals surface area contributed by atoms with Crippen LogP contribution in [0.15, 0.2) is 22.7 Å². The zero-order valence-corrected chi connectivity index (χ0v) is 14.5. The van der Waals surface area contributed by atoms with E-state index in [0.717, 1.165) is 29.8 Å².